The van der Waals surface area contributed by atoms with Crippen LogP contribution in [0, 0.1) is 18.7 Å². The van der Waals surface area contributed by atoms with E-state index >= 15 is 0 Å². The summed E-state index contributed by atoms with van der Waals surface area (Å²) >= 11 is 0. The van der Waals surface area contributed by atoms with Gasteiger partial charge in [0.1, 0.15) is 18.4 Å². The van der Waals surface area contributed by atoms with Crippen molar-refractivity contribution in [2.45, 2.75) is 71.4 Å². The molecule has 0 bridgehead atoms. The minimum absolute atomic E-state index is 0.0113. The van der Waals surface area contributed by atoms with Crippen molar-refractivity contribution in [3.05, 3.63) is 95.3 Å². The van der Waals surface area contributed by atoms with Gasteiger partial charge in [-0.1, -0.05) is 76.6 Å². The molecule has 3 aromatic carbocycles. The number of carbonyl (C=O) groups is 2. The number of hydrogen-bond acceptors (Lipinski definition) is 4. The molecule has 1 N–H and O–H groups in total. The molecule has 0 aliphatic carbocycles. The van der Waals surface area contributed by atoms with Gasteiger partial charge in [-0.15, -0.1) is 0 Å². The molecule has 0 fully saturated rings. The Bertz CT molecular complexity index is 1440. The number of nitrogens with one attached hydrogen (secondary N) is 1. The zero-order chi connectivity index (χ0) is 31.0. The fraction of sp³-hybridized carbons (Fsp3) is 0.394. The van der Waals surface area contributed by atoms with E-state index in [4.69, 9.17) is 0 Å². The van der Waals surface area contributed by atoms with Crippen LogP contribution in [0.3, 0.4) is 0 Å². The number of aryl methyl sites for hydroxylation is 1. The highest BCUT2D eigenvalue weighted by atomic mass is 32.2. The van der Waals surface area contributed by atoms with Crippen molar-refractivity contribution in [2.24, 2.45) is 5.92 Å². The van der Waals surface area contributed by atoms with Crippen LogP contribution in [-0.2, 0) is 26.2 Å². The maximum absolute atomic E-state index is 14.1. The number of anilines is 1. The van der Waals surface area contributed by atoms with E-state index in [9.17, 15) is 22.4 Å². The molecule has 0 aliphatic heterocycles. The first-order valence-corrected chi connectivity index (χ1v) is 15.8. The lowest BCUT2D eigenvalue weighted by Crippen LogP contribution is -2.52. The van der Waals surface area contributed by atoms with Gasteiger partial charge < -0.3 is 10.2 Å². The number of benzene rings is 3. The lowest BCUT2D eigenvalue weighted by atomic mass is 10.0. The second-order valence-electron chi connectivity index (χ2n) is 11.3. The van der Waals surface area contributed by atoms with Gasteiger partial charge in [0.15, 0.2) is 0 Å². The average molecular weight is 596 g/mol. The number of amides is 2. The van der Waals surface area contributed by atoms with E-state index in [0.29, 0.717) is 24.2 Å². The van der Waals surface area contributed by atoms with Crippen LogP contribution in [-0.4, -0.2) is 44.3 Å². The number of rotatable bonds is 13. The predicted octanol–water partition coefficient (Wildman–Crippen LogP) is 6.03. The second kappa shape index (κ2) is 14.4. The van der Waals surface area contributed by atoms with Crippen LogP contribution in [0.5, 0.6) is 0 Å². The molecule has 0 aliphatic rings. The Hall–Kier alpha value is -3.72. The molecule has 0 saturated carbocycles. The molecule has 0 radical (unpaired) electrons. The van der Waals surface area contributed by atoms with E-state index in [0.717, 1.165) is 15.4 Å². The monoisotopic (exact) mass is 595 g/mol. The molecule has 2 amide bonds. The first-order valence-electron chi connectivity index (χ1n) is 14.3. The van der Waals surface area contributed by atoms with Crippen molar-refractivity contribution in [3.63, 3.8) is 0 Å². The lowest BCUT2D eigenvalue weighted by molar-refractivity contribution is -0.140. The third-order valence-electron chi connectivity index (χ3n) is 7.07. The first kappa shape index (κ1) is 32.8. The quantitative estimate of drug-likeness (QED) is 0.261. The second-order valence-corrected chi connectivity index (χ2v) is 13.1. The van der Waals surface area contributed by atoms with Crippen LogP contribution in [0.2, 0.25) is 0 Å². The number of carbonyl (C=O) groups excluding carboxylic acids is 2. The summed E-state index contributed by atoms with van der Waals surface area (Å²) in [7, 11) is -4.15. The Labute approximate surface area is 249 Å². The summed E-state index contributed by atoms with van der Waals surface area (Å²) in [4.78, 5) is 28.8. The third-order valence-corrected chi connectivity index (χ3v) is 8.86. The molecule has 3 aromatic rings. The molecule has 0 aromatic heterocycles. The van der Waals surface area contributed by atoms with Gasteiger partial charge in [-0.3, -0.25) is 13.9 Å². The molecular weight excluding hydrogens is 553 g/mol. The molecule has 0 heterocycles. The van der Waals surface area contributed by atoms with Crippen molar-refractivity contribution in [2.75, 3.05) is 17.4 Å². The number of halogens is 1. The van der Waals surface area contributed by atoms with Crippen molar-refractivity contribution in [3.8, 4) is 0 Å². The normalized spacial score (nSPS) is 12.3. The van der Waals surface area contributed by atoms with E-state index in [-0.39, 0.29) is 29.2 Å². The number of hydrogen-bond donors (Lipinski definition) is 1. The minimum atomic E-state index is -4.15. The molecule has 0 spiro atoms. The fourth-order valence-corrected chi connectivity index (χ4v) is 5.93. The summed E-state index contributed by atoms with van der Waals surface area (Å²) in [6.45, 7) is 11.6. The van der Waals surface area contributed by atoms with E-state index in [1.807, 2.05) is 46.8 Å². The smallest absolute Gasteiger partial charge is 0.264 e. The third kappa shape index (κ3) is 8.41. The SMILES string of the molecule is CC[C@H](C(=O)NCC(C)C)N(Cc1ccc(F)cc1)C(=O)CN(c1ccc(C(C)C)cc1)S(=O)(=O)c1ccc(C)cc1. The van der Waals surface area contributed by atoms with Crippen LogP contribution < -0.4 is 9.62 Å². The van der Waals surface area contributed by atoms with Gasteiger partial charge in [0.25, 0.3) is 10.0 Å². The summed E-state index contributed by atoms with van der Waals surface area (Å²) in [5.41, 5.74) is 2.89. The van der Waals surface area contributed by atoms with Crippen molar-refractivity contribution in [1.29, 1.82) is 0 Å². The maximum atomic E-state index is 14.1. The highest BCUT2D eigenvalue weighted by molar-refractivity contribution is 7.92. The van der Waals surface area contributed by atoms with Crippen molar-refractivity contribution < 1.29 is 22.4 Å². The number of sulfonamides is 1. The molecule has 0 unspecified atom stereocenters. The van der Waals surface area contributed by atoms with Gasteiger partial charge in [0.2, 0.25) is 11.8 Å². The summed E-state index contributed by atoms with van der Waals surface area (Å²) < 4.78 is 42.8. The van der Waals surface area contributed by atoms with Gasteiger partial charge in [-0.25, -0.2) is 12.8 Å². The highest BCUT2D eigenvalue weighted by Crippen LogP contribution is 2.27. The zero-order valence-electron chi connectivity index (χ0n) is 25.3. The molecule has 42 heavy (non-hydrogen) atoms. The maximum Gasteiger partial charge on any atom is 0.264 e. The summed E-state index contributed by atoms with van der Waals surface area (Å²) in [6.07, 6.45) is 0.310. The Balaban J connectivity index is 2.06. The van der Waals surface area contributed by atoms with Crippen LogP contribution >= 0.6 is 0 Å². The average Bonchev–Trinajstić information content (AvgIpc) is 2.95. The topological polar surface area (TPSA) is 86.8 Å². The summed E-state index contributed by atoms with van der Waals surface area (Å²) in [6, 6.07) is 18.4. The van der Waals surface area contributed by atoms with Gasteiger partial charge >= 0.3 is 0 Å². The standard InChI is InChI=1S/C33H42FN3O4S/c1-7-31(33(39)35-20-23(2)3)36(21-26-10-14-28(34)15-11-26)32(38)22-37(29-16-12-27(13-17-29)24(4)5)42(40,41)30-18-8-25(6)9-19-30/h8-19,23-24,31H,7,20-22H2,1-6H3,(H,35,39)/t31-/m1/s1. The van der Waals surface area contributed by atoms with Gasteiger partial charge in [0.05, 0.1) is 10.6 Å². The molecule has 9 heteroatoms. The Kier molecular flexibility index (Phi) is 11.3. The summed E-state index contributed by atoms with van der Waals surface area (Å²) in [5.74, 6) is -0.843. The molecule has 3 rings (SSSR count). The van der Waals surface area contributed by atoms with Crippen LogP contribution in [0.1, 0.15) is 63.6 Å². The van der Waals surface area contributed by atoms with Crippen molar-refractivity contribution in [1.82, 2.24) is 10.2 Å². The van der Waals surface area contributed by atoms with E-state index in [2.05, 4.69) is 5.32 Å². The Morgan fingerprint density at radius 3 is 2.00 bits per heavy atom. The highest BCUT2D eigenvalue weighted by Gasteiger charge is 2.33. The van der Waals surface area contributed by atoms with Gasteiger partial charge in [0, 0.05) is 13.1 Å². The molecular formula is C33H42FN3O4S. The Morgan fingerprint density at radius 1 is 0.881 bits per heavy atom. The van der Waals surface area contributed by atoms with Crippen LogP contribution in [0.15, 0.2) is 77.7 Å². The van der Waals surface area contributed by atoms with E-state index in [1.165, 1.54) is 29.2 Å². The number of nitrogens with zero attached hydrogens (tertiary/aromatic N) is 2. The van der Waals surface area contributed by atoms with Crippen LogP contribution in [0.25, 0.3) is 0 Å². The van der Waals surface area contributed by atoms with Crippen LogP contribution in [0.4, 0.5) is 10.1 Å². The van der Waals surface area contributed by atoms with Gasteiger partial charge in [-0.05, 0) is 72.7 Å². The minimum Gasteiger partial charge on any atom is -0.354 e. The van der Waals surface area contributed by atoms with E-state index < -0.39 is 34.3 Å². The first-order chi connectivity index (χ1) is 19.8. The predicted molar refractivity (Wildman–Crippen MR) is 165 cm³/mol. The molecule has 7 nitrogen and oxygen atoms in total. The summed E-state index contributed by atoms with van der Waals surface area (Å²) in [5, 5.41) is 2.90. The molecule has 0 saturated heterocycles. The largest absolute Gasteiger partial charge is 0.354 e. The lowest BCUT2D eigenvalue weighted by Gasteiger charge is -2.33. The molecule has 226 valence electrons. The Morgan fingerprint density at radius 2 is 1.48 bits per heavy atom. The van der Waals surface area contributed by atoms with E-state index in [1.54, 1.807) is 43.3 Å². The van der Waals surface area contributed by atoms with Crippen molar-refractivity contribution >= 4 is 27.5 Å². The zero-order valence-corrected chi connectivity index (χ0v) is 26.1. The fourth-order valence-electron chi connectivity index (χ4n) is 4.52. The molecule has 1 atom stereocenters. The van der Waals surface area contributed by atoms with Gasteiger partial charge in [-0.2, -0.15) is 0 Å².